The molecule has 0 radical (unpaired) electrons. The number of nitrogens with one attached hydrogen (secondary N) is 1. The molecule has 1 aromatic carbocycles. The van der Waals surface area contributed by atoms with Crippen LogP contribution in [-0.2, 0) is 4.74 Å². The molecule has 28 heavy (non-hydrogen) atoms. The van der Waals surface area contributed by atoms with Gasteiger partial charge in [0.05, 0.1) is 17.3 Å². The van der Waals surface area contributed by atoms with Crippen LogP contribution in [0.1, 0.15) is 38.3 Å². The number of amidine groups is 1. The number of hydrogen-bond acceptors (Lipinski definition) is 5. The number of nitrogens with two attached hydrogens (primary N) is 1. The molecule has 7 nitrogen and oxygen atoms in total. The molecule has 150 valence electrons. The fourth-order valence-electron chi connectivity index (χ4n) is 3.66. The Morgan fingerprint density at radius 3 is 2.75 bits per heavy atom. The van der Waals surface area contributed by atoms with Gasteiger partial charge in [0.15, 0.2) is 0 Å². The van der Waals surface area contributed by atoms with Crippen LogP contribution < -0.4 is 10.5 Å². The molecular formula is C21H29N5O2. The van der Waals surface area contributed by atoms with Crippen molar-refractivity contribution in [1.82, 2.24) is 15.1 Å². The van der Waals surface area contributed by atoms with E-state index < -0.39 is 0 Å². The molecule has 1 aliphatic carbocycles. The van der Waals surface area contributed by atoms with Gasteiger partial charge in [0, 0.05) is 38.7 Å². The second-order valence-electron chi connectivity index (χ2n) is 7.94. The molecule has 0 amide bonds. The third-order valence-corrected chi connectivity index (χ3v) is 5.74. The van der Waals surface area contributed by atoms with Crippen molar-refractivity contribution in [2.75, 3.05) is 27.2 Å². The lowest BCUT2D eigenvalue weighted by atomic mass is 10.1. The van der Waals surface area contributed by atoms with E-state index in [1.165, 1.54) is 0 Å². The van der Waals surface area contributed by atoms with E-state index in [-0.39, 0.29) is 5.60 Å². The highest BCUT2D eigenvalue weighted by Crippen LogP contribution is 2.40. The van der Waals surface area contributed by atoms with Gasteiger partial charge in [-0.25, -0.2) is 0 Å². The Hall–Kier alpha value is -2.54. The van der Waals surface area contributed by atoms with E-state index in [1.54, 1.807) is 14.2 Å². The number of H-pyrrole nitrogens is 1. The maximum absolute atomic E-state index is 6.44. The van der Waals surface area contributed by atoms with Crippen molar-refractivity contribution in [2.45, 2.75) is 44.3 Å². The van der Waals surface area contributed by atoms with Gasteiger partial charge in [-0.15, -0.1) is 0 Å². The number of fused-ring (bicyclic) bond motifs is 1. The first-order chi connectivity index (χ1) is 13.5. The highest BCUT2D eigenvalue weighted by Gasteiger charge is 2.40. The van der Waals surface area contributed by atoms with Crippen molar-refractivity contribution >= 4 is 22.4 Å². The summed E-state index contributed by atoms with van der Waals surface area (Å²) in [6, 6.07) is 5.99. The highest BCUT2D eigenvalue weighted by molar-refractivity contribution is 6.01. The Balaban J connectivity index is 1.56. The van der Waals surface area contributed by atoms with Crippen molar-refractivity contribution in [1.29, 1.82) is 0 Å². The summed E-state index contributed by atoms with van der Waals surface area (Å²) in [4.78, 5) is 6.70. The number of aromatic nitrogens is 2. The first-order valence-corrected chi connectivity index (χ1v) is 9.90. The van der Waals surface area contributed by atoms with Crippen LogP contribution in [0.4, 0.5) is 0 Å². The fraction of sp³-hybridized carbons (Fsp3) is 0.524. The number of piperidine rings is 1. The Morgan fingerprint density at radius 1 is 1.36 bits per heavy atom. The van der Waals surface area contributed by atoms with Crippen LogP contribution in [-0.4, -0.2) is 59.9 Å². The second-order valence-corrected chi connectivity index (χ2v) is 7.94. The van der Waals surface area contributed by atoms with E-state index in [9.17, 15) is 0 Å². The van der Waals surface area contributed by atoms with Gasteiger partial charge in [0.25, 0.3) is 0 Å². The summed E-state index contributed by atoms with van der Waals surface area (Å²) in [5, 5.41) is 8.46. The number of benzene rings is 1. The summed E-state index contributed by atoms with van der Waals surface area (Å²) >= 11 is 0. The molecule has 0 unspecified atom stereocenters. The molecule has 2 aromatic rings. The molecule has 1 saturated heterocycles. The second kappa shape index (κ2) is 7.47. The SMILES string of the molecule is CN=C(C=C(N)c1n[nH]c2ccc(OC3(C)CC3)cc12)N1CCC(OC)CC1. The number of nitrogens with zero attached hydrogens (tertiary/aromatic N) is 3. The minimum absolute atomic E-state index is 0.0185. The van der Waals surface area contributed by atoms with Crippen LogP contribution in [0.5, 0.6) is 5.75 Å². The van der Waals surface area contributed by atoms with E-state index in [0.29, 0.717) is 11.8 Å². The number of aromatic amines is 1. The molecule has 1 aromatic heterocycles. The van der Waals surface area contributed by atoms with E-state index in [2.05, 4.69) is 27.0 Å². The zero-order chi connectivity index (χ0) is 19.7. The maximum atomic E-state index is 6.44. The summed E-state index contributed by atoms with van der Waals surface area (Å²) in [7, 11) is 3.57. The molecule has 1 saturated carbocycles. The standard InChI is InChI=1S/C21H29N5O2/c1-21(8-9-21)28-15-4-5-18-16(12-15)20(25-24-18)17(22)13-19(23-2)26-10-6-14(27-3)7-11-26/h4-5,12-14H,6-11,22H2,1-3H3,(H,24,25). The van der Waals surface area contributed by atoms with Crippen LogP contribution in [0.15, 0.2) is 29.3 Å². The van der Waals surface area contributed by atoms with Gasteiger partial charge in [-0.2, -0.15) is 5.10 Å². The first kappa shape index (κ1) is 18.8. The molecule has 3 N–H and O–H groups in total. The lowest BCUT2D eigenvalue weighted by molar-refractivity contribution is 0.0580. The topological polar surface area (TPSA) is 88.8 Å². The average Bonchev–Trinajstić information content (AvgIpc) is 3.28. The Morgan fingerprint density at radius 2 is 2.11 bits per heavy atom. The van der Waals surface area contributed by atoms with E-state index in [1.807, 2.05) is 24.3 Å². The Bertz CT molecular complexity index is 905. The van der Waals surface area contributed by atoms with Gasteiger partial charge < -0.3 is 20.1 Å². The third-order valence-electron chi connectivity index (χ3n) is 5.74. The van der Waals surface area contributed by atoms with Crippen molar-refractivity contribution in [3.63, 3.8) is 0 Å². The van der Waals surface area contributed by atoms with Gasteiger partial charge in [-0.1, -0.05) is 0 Å². The van der Waals surface area contributed by atoms with Crippen LogP contribution in [0.3, 0.4) is 0 Å². The van der Waals surface area contributed by atoms with Crippen molar-refractivity contribution < 1.29 is 9.47 Å². The number of aliphatic imine (C=N–C) groups is 1. The fourth-order valence-corrected chi connectivity index (χ4v) is 3.66. The van der Waals surface area contributed by atoms with E-state index in [4.69, 9.17) is 15.2 Å². The molecule has 0 bridgehead atoms. The third kappa shape index (κ3) is 3.85. The number of hydrogen-bond donors (Lipinski definition) is 2. The first-order valence-electron chi connectivity index (χ1n) is 9.90. The molecular weight excluding hydrogens is 354 g/mol. The average molecular weight is 383 g/mol. The molecule has 0 spiro atoms. The summed E-state index contributed by atoms with van der Waals surface area (Å²) < 4.78 is 11.6. The maximum Gasteiger partial charge on any atom is 0.125 e. The van der Waals surface area contributed by atoms with Crippen molar-refractivity contribution in [3.05, 3.63) is 30.0 Å². The lowest BCUT2D eigenvalue weighted by Gasteiger charge is -2.32. The van der Waals surface area contributed by atoms with E-state index >= 15 is 0 Å². The summed E-state index contributed by atoms with van der Waals surface area (Å²) in [5.74, 6) is 1.73. The van der Waals surface area contributed by atoms with Crippen LogP contribution in [0, 0.1) is 0 Å². The van der Waals surface area contributed by atoms with Crippen LogP contribution in [0.2, 0.25) is 0 Å². The normalized spacial score (nSPS) is 20.6. The number of rotatable bonds is 5. The lowest BCUT2D eigenvalue weighted by Crippen LogP contribution is -2.40. The monoisotopic (exact) mass is 383 g/mol. The highest BCUT2D eigenvalue weighted by atomic mass is 16.5. The molecule has 0 atom stereocenters. The number of methoxy groups -OCH3 is 1. The summed E-state index contributed by atoms with van der Waals surface area (Å²) in [6.45, 7) is 3.96. The molecule has 2 fully saturated rings. The predicted octanol–water partition coefficient (Wildman–Crippen LogP) is 2.93. The largest absolute Gasteiger partial charge is 0.488 e. The smallest absolute Gasteiger partial charge is 0.125 e. The summed E-state index contributed by atoms with van der Waals surface area (Å²) in [6.07, 6.45) is 6.43. The Labute approximate surface area is 165 Å². The van der Waals surface area contributed by atoms with Gasteiger partial charge in [-0.05, 0) is 50.8 Å². The molecule has 7 heteroatoms. The molecule has 1 aliphatic heterocycles. The summed E-state index contributed by atoms with van der Waals surface area (Å²) in [5.41, 5.74) is 8.68. The van der Waals surface area contributed by atoms with Crippen LogP contribution >= 0.6 is 0 Å². The van der Waals surface area contributed by atoms with Gasteiger partial charge in [0.2, 0.25) is 0 Å². The molecule has 2 heterocycles. The zero-order valence-corrected chi connectivity index (χ0v) is 16.9. The van der Waals surface area contributed by atoms with Crippen LogP contribution in [0.25, 0.3) is 16.6 Å². The Kier molecular flexibility index (Phi) is 5.02. The molecule has 2 aliphatic rings. The van der Waals surface area contributed by atoms with Crippen molar-refractivity contribution in [2.24, 2.45) is 10.7 Å². The quantitative estimate of drug-likeness (QED) is 0.612. The minimum atomic E-state index is -0.0185. The van der Waals surface area contributed by atoms with Gasteiger partial charge in [0.1, 0.15) is 22.9 Å². The van der Waals surface area contributed by atoms with Gasteiger partial charge in [-0.3, -0.25) is 10.1 Å². The molecule has 4 rings (SSSR count). The zero-order valence-electron chi connectivity index (χ0n) is 16.9. The minimum Gasteiger partial charge on any atom is -0.488 e. The number of ether oxygens (including phenoxy) is 2. The van der Waals surface area contributed by atoms with Crippen molar-refractivity contribution in [3.8, 4) is 5.75 Å². The van der Waals surface area contributed by atoms with Gasteiger partial charge >= 0.3 is 0 Å². The number of likely N-dealkylation sites (tertiary alicyclic amines) is 1. The predicted molar refractivity (Wildman–Crippen MR) is 111 cm³/mol. The van der Waals surface area contributed by atoms with E-state index in [0.717, 1.165) is 67.0 Å².